The predicted molar refractivity (Wildman–Crippen MR) is 222 cm³/mol. The van der Waals surface area contributed by atoms with Gasteiger partial charge in [-0.1, -0.05) is 182 Å². The minimum absolute atomic E-state index is 0.891. The average Bonchev–Trinajstić information content (AvgIpc) is 3.75. The zero-order chi connectivity index (χ0) is 35.6. The van der Waals surface area contributed by atoms with Gasteiger partial charge in [-0.3, -0.25) is 0 Å². The summed E-state index contributed by atoms with van der Waals surface area (Å²) in [6.07, 6.45) is 3.60. The van der Waals surface area contributed by atoms with Gasteiger partial charge in [0, 0.05) is 0 Å². The Kier molecular flexibility index (Phi) is 7.23. The van der Waals surface area contributed by atoms with Gasteiger partial charge in [0.2, 0.25) is 0 Å². The number of hydrogen-bond donors (Lipinski definition) is 0. The van der Waals surface area contributed by atoms with Crippen LogP contribution >= 0.6 is 0 Å². The molecule has 0 radical (unpaired) electrons. The number of fused-ring (bicyclic) bond motifs is 3. The van der Waals surface area contributed by atoms with Gasteiger partial charge in [-0.05, 0) is 133 Å². The van der Waals surface area contributed by atoms with Crippen LogP contribution in [0.3, 0.4) is 0 Å². The van der Waals surface area contributed by atoms with Crippen LogP contribution < -0.4 is 0 Å². The number of rotatable bonds is 8. The summed E-state index contributed by atoms with van der Waals surface area (Å²) in [5.41, 5.74) is 11.0. The maximum atomic E-state index is 2.47. The summed E-state index contributed by atoms with van der Waals surface area (Å²) >= 11 is 0. The maximum absolute atomic E-state index is 2.47. The molecule has 54 heavy (non-hydrogen) atoms. The highest BCUT2D eigenvalue weighted by atomic mass is 14.2. The molecular weight excluding hydrogens is 649 g/mol. The second-order valence-corrected chi connectivity index (χ2v) is 15.1. The Morgan fingerprint density at radius 1 is 0.241 bits per heavy atom. The molecule has 0 heteroatoms. The first-order valence-corrected chi connectivity index (χ1v) is 19.3. The normalized spacial score (nSPS) is 12.0. The van der Waals surface area contributed by atoms with Crippen molar-refractivity contribution in [2.24, 2.45) is 0 Å². The molecule has 0 unspecified atom stereocenters. The summed E-state index contributed by atoms with van der Waals surface area (Å²) in [7, 11) is 0. The van der Waals surface area contributed by atoms with Crippen molar-refractivity contribution < 1.29 is 0 Å². The molecule has 0 spiro atoms. The van der Waals surface area contributed by atoms with Gasteiger partial charge >= 0.3 is 0 Å². The number of hydrogen-bond acceptors (Lipinski definition) is 0. The zero-order valence-electron chi connectivity index (χ0n) is 30.1. The lowest BCUT2D eigenvalue weighted by Crippen LogP contribution is -2.00. The molecule has 0 saturated carbocycles. The SMILES string of the molecule is c1ccc(Cc2ccc(Cc3ccccc3)c3c2=c2ccc4c5c(ccc=3c25)=c2c(Cc3ccccc3)c3ccccc3c(Cc3ccccc3)c2=4)cc1. The fourth-order valence-corrected chi connectivity index (χ4v) is 9.70. The van der Waals surface area contributed by atoms with Crippen molar-refractivity contribution in [1.29, 1.82) is 0 Å². The summed E-state index contributed by atoms with van der Waals surface area (Å²) in [5.74, 6) is 0. The summed E-state index contributed by atoms with van der Waals surface area (Å²) in [4.78, 5) is 0. The van der Waals surface area contributed by atoms with Gasteiger partial charge in [-0.2, -0.15) is 0 Å². The van der Waals surface area contributed by atoms with Crippen molar-refractivity contribution in [3.05, 3.63) is 268 Å². The Morgan fingerprint density at radius 2 is 0.537 bits per heavy atom. The molecule has 9 aromatic rings. The van der Waals surface area contributed by atoms with Crippen LogP contribution in [0.2, 0.25) is 0 Å². The Morgan fingerprint density at radius 3 is 0.889 bits per heavy atom. The standard InChI is InChI=1S/C54H38/c1-5-15-35(16-6-1)31-39-25-26-40(32-36-17-7-2-8-18-36)50-44-28-30-46-52-45(29-27-43(49(39)50)51(44)52)53-47(33-37-19-9-3-10-20-37)41-23-13-14-24-42(41)48(54(46)53)34-38-21-11-4-12-22-38/h1-30H,31-34H2. The molecule has 0 fully saturated rings. The highest BCUT2D eigenvalue weighted by Gasteiger charge is 2.21. The van der Waals surface area contributed by atoms with E-state index in [0.29, 0.717) is 0 Å². The van der Waals surface area contributed by atoms with Crippen LogP contribution in [0.15, 0.2) is 182 Å². The van der Waals surface area contributed by atoms with Crippen LogP contribution in [0, 0.1) is 41.7 Å². The average molecular weight is 687 g/mol. The molecule has 254 valence electrons. The maximum Gasteiger partial charge on any atom is -0.00132 e. The van der Waals surface area contributed by atoms with Gasteiger partial charge in [0.05, 0.1) is 0 Å². The van der Waals surface area contributed by atoms with E-state index >= 15 is 0 Å². The van der Waals surface area contributed by atoms with Gasteiger partial charge in [-0.15, -0.1) is 0 Å². The van der Waals surface area contributed by atoms with Crippen LogP contribution in [-0.4, -0.2) is 0 Å². The first kappa shape index (κ1) is 31.1. The third-order valence-electron chi connectivity index (χ3n) is 12.0. The Balaban J connectivity index is 1.32. The molecule has 0 saturated heterocycles. The molecule has 0 N–H and O–H groups in total. The van der Waals surface area contributed by atoms with E-state index in [1.807, 2.05) is 0 Å². The van der Waals surface area contributed by atoms with Crippen molar-refractivity contribution in [1.82, 2.24) is 0 Å². The molecule has 0 amide bonds. The van der Waals surface area contributed by atoms with E-state index in [1.54, 1.807) is 0 Å². The lowest BCUT2D eigenvalue weighted by molar-refractivity contribution is 1.11. The molecule has 0 nitrogen and oxygen atoms in total. The zero-order valence-corrected chi connectivity index (χ0v) is 30.1. The van der Waals surface area contributed by atoms with Gasteiger partial charge in [0.15, 0.2) is 0 Å². The van der Waals surface area contributed by atoms with E-state index < -0.39 is 0 Å². The first-order chi connectivity index (χ1) is 26.8. The molecule has 11 rings (SSSR count). The van der Waals surface area contributed by atoms with Crippen molar-refractivity contribution in [2.75, 3.05) is 0 Å². The molecule has 9 aromatic carbocycles. The second kappa shape index (κ2) is 12.6. The van der Waals surface area contributed by atoms with Crippen LogP contribution in [0.5, 0.6) is 0 Å². The largest absolute Gasteiger partial charge is 0.0622 e. The molecule has 0 heterocycles. The Hall–Kier alpha value is -6.50. The van der Waals surface area contributed by atoms with Gasteiger partial charge < -0.3 is 0 Å². The van der Waals surface area contributed by atoms with Gasteiger partial charge in [0.1, 0.15) is 0 Å². The van der Waals surface area contributed by atoms with Crippen molar-refractivity contribution in [2.45, 2.75) is 25.7 Å². The Bertz CT molecular complexity index is 3110. The second-order valence-electron chi connectivity index (χ2n) is 15.1. The smallest absolute Gasteiger partial charge is 0.00132 e. The molecule has 2 aliphatic rings. The summed E-state index contributed by atoms with van der Waals surface area (Å²) in [6.45, 7) is 0. The predicted octanol–water partition coefficient (Wildman–Crippen LogP) is 12.1. The lowest BCUT2D eigenvalue weighted by atomic mass is 9.89. The third-order valence-corrected chi connectivity index (χ3v) is 12.0. The Labute approximate surface area is 314 Å². The summed E-state index contributed by atoms with van der Waals surface area (Å²) in [5, 5.41) is 16.8. The quantitative estimate of drug-likeness (QED) is 0.149. The van der Waals surface area contributed by atoms with Gasteiger partial charge in [-0.25, -0.2) is 0 Å². The van der Waals surface area contributed by atoms with Crippen molar-refractivity contribution in [3.63, 3.8) is 0 Å². The topological polar surface area (TPSA) is 0 Å². The van der Waals surface area contributed by atoms with Crippen molar-refractivity contribution >= 4 is 21.5 Å². The van der Waals surface area contributed by atoms with Gasteiger partial charge in [0.25, 0.3) is 0 Å². The van der Waals surface area contributed by atoms with E-state index in [9.17, 15) is 0 Å². The van der Waals surface area contributed by atoms with E-state index in [-0.39, 0.29) is 0 Å². The molecule has 2 aliphatic carbocycles. The van der Waals surface area contributed by atoms with Crippen LogP contribution in [0.4, 0.5) is 0 Å². The highest BCUT2D eigenvalue weighted by Crippen LogP contribution is 2.37. The van der Waals surface area contributed by atoms with Crippen molar-refractivity contribution in [3.8, 4) is 0 Å². The monoisotopic (exact) mass is 686 g/mol. The molecule has 0 atom stereocenters. The van der Waals surface area contributed by atoms with E-state index in [1.165, 1.54) is 108 Å². The summed E-state index contributed by atoms with van der Waals surface area (Å²) in [6, 6.07) is 67.9. The highest BCUT2D eigenvalue weighted by molar-refractivity contribution is 5.94. The van der Waals surface area contributed by atoms with E-state index in [2.05, 4.69) is 182 Å². The molecule has 0 aliphatic heterocycles. The van der Waals surface area contributed by atoms with E-state index in [0.717, 1.165) is 25.7 Å². The molecule has 0 aromatic heterocycles. The van der Waals surface area contributed by atoms with Crippen LogP contribution in [-0.2, 0) is 25.7 Å². The minimum Gasteiger partial charge on any atom is -0.0622 e. The lowest BCUT2D eigenvalue weighted by Gasteiger charge is -2.15. The molecular formula is C54H38. The van der Waals surface area contributed by atoms with Crippen LogP contribution in [0.1, 0.15) is 44.5 Å². The minimum atomic E-state index is 0.891. The molecule has 0 bridgehead atoms. The number of benzene rings is 9. The first-order valence-electron chi connectivity index (χ1n) is 19.3. The fourth-order valence-electron chi connectivity index (χ4n) is 9.70. The third kappa shape index (κ3) is 4.91. The van der Waals surface area contributed by atoms with Crippen LogP contribution in [0.25, 0.3) is 21.5 Å². The fraction of sp³-hybridized carbons (Fsp3) is 0.0741. The summed E-state index contributed by atoms with van der Waals surface area (Å²) < 4.78 is 0. The van der Waals surface area contributed by atoms with E-state index in [4.69, 9.17) is 0 Å².